The molecule has 1 aromatic carbocycles. The van der Waals surface area contributed by atoms with Crippen molar-refractivity contribution in [1.82, 2.24) is 24.8 Å². The van der Waals surface area contributed by atoms with Crippen molar-refractivity contribution in [2.24, 2.45) is 7.05 Å². The van der Waals surface area contributed by atoms with Crippen LogP contribution in [0.1, 0.15) is 23.0 Å². The van der Waals surface area contributed by atoms with Crippen molar-refractivity contribution in [3.05, 3.63) is 47.3 Å². The normalized spacial score (nSPS) is 16.8. The van der Waals surface area contributed by atoms with E-state index in [-0.39, 0.29) is 12.1 Å². The average molecular weight is 329 g/mol. The number of carbonyl (C=O) groups is 1. The van der Waals surface area contributed by atoms with E-state index in [2.05, 4.69) is 10.3 Å². The molecule has 2 heterocycles. The Balaban J connectivity index is 1.75. The number of urea groups is 1. The van der Waals surface area contributed by atoms with Gasteiger partial charge < -0.3 is 14.5 Å². The maximum absolute atomic E-state index is 12.5. The summed E-state index contributed by atoms with van der Waals surface area (Å²) >= 11 is 0. The van der Waals surface area contributed by atoms with Gasteiger partial charge in [0, 0.05) is 34.1 Å². The summed E-state index contributed by atoms with van der Waals surface area (Å²) in [6, 6.07) is 9.77. The quantitative estimate of drug-likeness (QED) is 0.855. The second-order valence-electron chi connectivity index (χ2n) is 6.18. The van der Waals surface area contributed by atoms with Gasteiger partial charge in [-0.25, -0.2) is 4.79 Å². The van der Waals surface area contributed by atoms with E-state index in [0.29, 0.717) is 19.8 Å². The van der Waals surface area contributed by atoms with E-state index in [1.165, 1.54) is 0 Å². The molecule has 1 atom stereocenters. The Morgan fingerprint density at radius 1 is 1.33 bits per heavy atom. The van der Waals surface area contributed by atoms with Gasteiger partial charge in [0.05, 0.1) is 18.9 Å². The number of aromatic nitrogens is 3. The molecule has 0 aliphatic carbocycles. The lowest BCUT2D eigenvalue weighted by Crippen LogP contribution is -2.46. The van der Waals surface area contributed by atoms with Gasteiger partial charge in [-0.3, -0.25) is 4.68 Å². The van der Waals surface area contributed by atoms with Gasteiger partial charge >= 0.3 is 6.03 Å². The van der Waals surface area contributed by atoms with E-state index in [1.54, 1.807) is 23.7 Å². The summed E-state index contributed by atoms with van der Waals surface area (Å²) in [6.45, 7) is 1.56. The van der Waals surface area contributed by atoms with Crippen molar-refractivity contribution in [2.45, 2.75) is 19.1 Å². The first-order valence-electron chi connectivity index (χ1n) is 8.06. The predicted molar refractivity (Wildman–Crippen MR) is 89.3 cm³/mol. The zero-order chi connectivity index (χ0) is 17.1. The Hall–Kier alpha value is -2.41. The van der Waals surface area contributed by atoms with Crippen molar-refractivity contribution in [3.63, 3.8) is 0 Å². The number of benzene rings is 1. The van der Waals surface area contributed by atoms with Gasteiger partial charge in [-0.1, -0.05) is 35.5 Å². The molecule has 0 bridgehead atoms. The highest BCUT2D eigenvalue weighted by Crippen LogP contribution is 2.29. The number of nitrogens with zero attached hydrogens (tertiary/aromatic N) is 5. The first-order chi connectivity index (χ1) is 11.6. The van der Waals surface area contributed by atoms with E-state index < -0.39 is 0 Å². The van der Waals surface area contributed by atoms with Gasteiger partial charge in [0.2, 0.25) is 0 Å². The summed E-state index contributed by atoms with van der Waals surface area (Å²) in [4.78, 5) is 15.9. The molecule has 0 N–H and O–H groups in total. The Bertz CT molecular complexity index is 698. The first kappa shape index (κ1) is 16.4. The highest BCUT2D eigenvalue weighted by Gasteiger charge is 2.35. The van der Waals surface area contributed by atoms with E-state index in [1.807, 2.05) is 42.3 Å². The summed E-state index contributed by atoms with van der Waals surface area (Å²) < 4.78 is 7.68. The molecule has 2 amide bonds. The van der Waals surface area contributed by atoms with Crippen LogP contribution in [0.15, 0.2) is 30.3 Å². The highest BCUT2D eigenvalue weighted by atomic mass is 16.5. The van der Waals surface area contributed by atoms with Crippen LogP contribution in [0.2, 0.25) is 0 Å². The fraction of sp³-hybridized carbons (Fsp3) is 0.471. The van der Waals surface area contributed by atoms with Gasteiger partial charge in [0.25, 0.3) is 0 Å². The Kier molecular flexibility index (Phi) is 4.80. The molecule has 7 heteroatoms. The van der Waals surface area contributed by atoms with Gasteiger partial charge in [-0.05, 0) is 5.56 Å². The highest BCUT2D eigenvalue weighted by molar-refractivity contribution is 5.74. The zero-order valence-corrected chi connectivity index (χ0v) is 14.3. The number of ether oxygens (including phenoxy) is 1. The number of hydrogen-bond donors (Lipinski definition) is 0. The third-order valence-electron chi connectivity index (χ3n) is 4.27. The van der Waals surface area contributed by atoms with Crippen LogP contribution in [0.3, 0.4) is 0 Å². The van der Waals surface area contributed by atoms with Gasteiger partial charge in [0.1, 0.15) is 11.7 Å². The SMILES string of the molecule is CN(C)C(=O)N1CCc2c(nnn2C)C1COCc1ccccc1. The molecule has 0 fully saturated rings. The van der Waals surface area contributed by atoms with Gasteiger partial charge in [0.15, 0.2) is 0 Å². The van der Waals surface area contributed by atoms with Crippen LogP contribution < -0.4 is 0 Å². The molecule has 1 aliphatic heterocycles. The lowest BCUT2D eigenvalue weighted by atomic mass is 10.0. The van der Waals surface area contributed by atoms with Crippen molar-refractivity contribution in [1.29, 1.82) is 0 Å². The van der Waals surface area contributed by atoms with E-state index in [0.717, 1.165) is 23.4 Å². The minimum atomic E-state index is -0.207. The molecule has 2 aromatic rings. The van der Waals surface area contributed by atoms with Crippen molar-refractivity contribution in [3.8, 4) is 0 Å². The molecular formula is C17H23N5O2. The van der Waals surface area contributed by atoms with E-state index >= 15 is 0 Å². The topological polar surface area (TPSA) is 63.5 Å². The lowest BCUT2D eigenvalue weighted by Gasteiger charge is -2.36. The maximum Gasteiger partial charge on any atom is 0.320 e. The third-order valence-corrected chi connectivity index (χ3v) is 4.27. The number of rotatable bonds is 4. The minimum absolute atomic E-state index is 0.0281. The second kappa shape index (κ2) is 7.00. The summed E-state index contributed by atoms with van der Waals surface area (Å²) in [7, 11) is 5.41. The lowest BCUT2D eigenvalue weighted by molar-refractivity contribution is 0.0504. The van der Waals surface area contributed by atoms with Crippen molar-refractivity contribution >= 4 is 6.03 Å². The van der Waals surface area contributed by atoms with Crippen LogP contribution in [0.25, 0.3) is 0 Å². The Morgan fingerprint density at radius 2 is 2.08 bits per heavy atom. The van der Waals surface area contributed by atoms with Crippen LogP contribution in [-0.4, -0.2) is 58.1 Å². The fourth-order valence-electron chi connectivity index (χ4n) is 2.99. The van der Waals surface area contributed by atoms with Crippen LogP contribution in [-0.2, 0) is 24.8 Å². The van der Waals surface area contributed by atoms with Gasteiger partial charge in [-0.2, -0.15) is 0 Å². The molecule has 7 nitrogen and oxygen atoms in total. The Morgan fingerprint density at radius 3 is 2.79 bits per heavy atom. The molecule has 0 saturated heterocycles. The molecule has 0 spiro atoms. The summed E-state index contributed by atoms with van der Waals surface area (Å²) in [5.74, 6) is 0. The molecule has 128 valence electrons. The van der Waals surface area contributed by atoms with Crippen LogP contribution in [0.4, 0.5) is 4.79 Å². The summed E-state index contributed by atoms with van der Waals surface area (Å²) in [5, 5.41) is 8.39. The van der Waals surface area contributed by atoms with Crippen LogP contribution in [0.5, 0.6) is 0 Å². The van der Waals surface area contributed by atoms with E-state index in [4.69, 9.17) is 4.74 Å². The Labute approximate surface area is 141 Å². The fourth-order valence-corrected chi connectivity index (χ4v) is 2.99. The molecule has 1 unspecified atom stereocenters. The largest absolute Gasteiger partial charge is 0.374 e. The zero-order valence-electron chi connectivity index (χ0n) is 14.3. The predicted octanol–water partition coefficient (Wildman–Crippen LogP) is 1.61. The summed E-state index contributed by atoms with van der Waals surface area (Å²) in [6.07, 6.45) is 0.758. The number of carbonyl (C=O) groups excluding carboxylic acids is 1. The number of fused-ring (bicyclic) bond motifs is 1. The van der Waals surface area contributed by atoms with E-state index in [9.17, 15) is 4.79 Å². The maximum atomic E-state index is 12.5. The number of hydrogen-bond acceptors (Lipinski definition) is 4. The van der Waals surface area contributed by atoms with Crippen molar-refractivity contribution < 1.29 is 9.53 Å². The minimum Gasteiger partial charge on any atom is -0.374 e. The average Bonchev–Trinajstić information content (AvgIpc) is 2.97. The molecule has 0 radical (unpaired) electrons. The van der Waals surface area contributed by atoms with Gasteiger partial charge in [-0.15, -0.1) is 5.10 Å². The monoisotopic (exact) mass is 329 g/mol. The molecule has 0 saturated carbocycles. The van der Waals surface area contributed by atoms with Crippen LogP contribution in [0, 0.1) is 0 Å². The first-order valence-corrected chi connectivity index (χ1v) is 8.06. The second-order valence-corrected chi connectivity index (χ2v) is 6.18. The number of amides is 2. The molecule has 3 rings (SSSR count). The summed E-state index contributed by atoms with van der Waals surface area (Å²) in [5.41, 5.74) is 3.02. The molecule has 1 aromatic heterocycles. The molecule has 24 heavy (non-hydrogen) atoms. The van der Waals surface area contributed by atoms with Crippen molar-refractivity contribution in [2.75, 3.05) is 27.2 Å². The smallest absolute Gasteiger partial charge is 0.320 e. The third kappa shape index (κ3) is 3.26. The van der Waals surface area contributed by atoms with Crippen LogP contribution >= 0.6 is 0 Å². The molecular weight excluding hydrogens is 306 g/mol. The molecule has 1 aliphatic rings. The standard InChI is InChI=1S/C17H23N5O2/c1-20(2)17(23)22-10-9-14-16(18-19-21(14)3)15(22)12-24-11-13-7-5-4-6-8-13/h4-8,15H,9-12H2,1-3H3. The number of aryl methyl sites for hydroxylation is 1.